The topological polar surface area (TPSA) is 78.1 Å². The molecule has 1 unspecified atom stereocenters. The number of methoxy groups -OCH3 is 2. The average molecular weight is 293 g/mol. The number of anilines is 1. The summed E-state index contributed by atoms with van der Waals surface area (Å²) in [5.41, 5.74) is 6.72. The molecule has 1 heterocycles. The number of nitrogens with two attached hydrogens (primary N) is 1. The van der Waals surface area contributed by atoms with Crippen LogP contribution in [0.1, 0.15) is 12.8 Å². The molecule has 0 aromatic heterocycles. The van der Waals surface area contributed by atoms with Gasteiger partial charge in [0.05, 0.1) is 20.8 Å². The van der Waals surface area contributed by atoms with E-state index in [2.05, 4.69) is 10.3 Å². The fourth-order valence-electron chi connectivity index (χ4n) is 2.28. The Morgan fingerprint density at radius 2 is 2.19 bits per heavy atom. The van der Waals surface area contributed by atoms with Gasteiger partial charge in [-0.2, -0.15) is 0 Å². The van der Waals surface area contributed by atoms with Gasteiger partial charge >= 0.3 is 0 Å². The van der Waals surface area contributed by atoms with Crippen LogP contribution in [-0.2, 0) is 4.74 Å². The van der Waals surface area contributed by atoms with Crippen LogP contribution in [0.2, 0.25) is 0 Å². The van der Waals surface area contributed by atoms with Crippen LogP contribution in [0, 0.1) is 5.92 Å². The van der Waals surface area contributed by atoms with Crippen molar-refractivity contribution < 1.29 is 14.2 Å². The second kappa shape index (κ2) is 7.73. The molecule has 0 bridgehead atoms. The van der Waals surface area contributed by atoms with Crippen LogP contribution in [0.3, 0.4) is 0 Å². The Morgan fingerprint density at radius 1 is 1.38 bits per heavy atom. The number of nitrogens with zero attached hydrogens (tertiary/aromatic N) is 1. The minimum absolute atomic E-state index is 0.396. The van der Waals surface area contributed by atoms with Gasteiger partial charge in [-0.05, 0) is 25.0 Å². The van der Waals surface area contributed by atoms with E-state index in [-0.39, 0.29) is 0 Å². The van der Waals surface area contributed by atoms with Crippen molar-refractivity contribution in [1.82, 2.24) is 0 Å². The maximum atomic E-state index is 5.91. The standard InChI is InChI=1S/C15H23N3O3/c1-19-13-6-5-12(8-14(13)20-2)18-15(16)17-9-11-4-3-7-21-10-11/h5-6,8,11H,3-4,7,9-10H2,1-2H3,(H3,16,17,18). The Morgan fingerprint density at radius 3 is 2.86 bits per heavy atom. The summed E-state index contributed by atoms with van der Waals surface area (Å²) in [4.78, 5) is 4.37. The second-order valence-electron chi connectivity index (χ2n) is 5.00. The highest BCUT2D eigenvalue weighted by atomic mass is 16.5. The molecule has 2 rings (SSSR count). The summed E-state index contributed by atoms with van der Waals surface area (Å²) in [6, 6.07) is 5.52. The van der Waals surface area contributed by atoms with Crippen molar-refractivity contribution in [2.24, 2.45) is 16.6 Å². The SMILES string of the molecule is COc1ccc(NC(N)=NCC2CCCOC2)cc1OC. The minimum atomic E-state index is 0.396. The lowest BCUT2D eigenvalue weighted by Gasteiger charge is -2.20. The highest BCUT2D eigenvalue weighted by Gasteiger charge is 2.13. The first kappa shape index (κ1) is 15.4. The normalized spacial score (nSPS) is 19.1. The first-order valence-corrected chi connectivity index (χ1v) is 7.09. The van der Waals surface area contributed by atoms with Crippen molar-refractivity contribution in [3.8, 4) is 11.5 Å². The van der Waals surface area contributed by atoms with Gasteiger partial charge in [0.25, 0.3) is 0 Å². The van der Waals surface area contributed by atoms with Crippen LogP contribution >= 0.6 is 0 Å². The molecule has 1 atom stereocenters. The van der Waals surface area contributed by atoms with Crippen molar-refractivity contribution in [1.29, 1.82) is 0 Å². The van der Waals surface area contributed by atoms with Crippen molar-refractivity contribution in [2.75, 3.05) is 39.3 Å². The molecule has 1 aliphatic heterocycles. The van der Waals surface area contributed by atoms with E-state index in [1.165, 1.54) is 0 Å². The monoisotopic (exact) mass is 293 g/mol. The van der Waals surface area contributed by atoms with Crippen LogP contribution in [-0.4, -0.2) is 39.9 Å². The van der Waals surface area contributed by atoms with Gasteiger partial charge < -0.3 is 25.3 Å². The van der Waals surface area contributed by atoms with Crippen molar-refractivity contribution >= 4 is 11.6 Å². The van der Waals surface area contributed by atoms with E-state index in [1.54, 1.807) is 14.2 Å². The molecule has 3 N–H and O–H groups in total. The fourth-order valence-corrected chi connectivity index (χ4v) is 2.28. The molecule has 0 aliphatic carbocycles. The van der Waals surface area contributed by atoms with Crippen LogP contribution in [0.15, 0.2) is 23.2 Å². The molecule has 0 radical (unpaired) electrons. The van der Waals surface area contributed by atoms with Crippen LogP contribution < -0.4 is 20.5 Å². The first-order chi connectivity index (χ1) is 10.2. The summed E-state index contributed by atoms with van der Waals surface area (Å²) >= 11 is 0. The van der Waals surface area contributed by atoms with E-state index in [4.69, 9.17) is 19.9 Å². The van der Waals surface area contributed by atoms with E-state index in [1.807, 2.05) is 18.2 Å². The van der Waals surface area contributed by atoms with E-state index in [9.17, 15) is 0 Å². The average Bonchev–Trinajstić information content (AvgIpc) is 2.53. The van der Waals surface area contributed by atoms with Crippen molar-refractivity contribution in [3.63, 3.8) is 0 Å². The number of ether oxygens (including phenoxy) is 3. The molecular weight excluding hydrogens is 270 g/mol. The fraction of sp³-hybridized carbons (Fsp3) is 0.533. The molecule has 1 aromatic carbocycles. The highest BCUT2D eigenvalue weighted by molar-refractivity contribution is 5.92. The molecule has 1 fully saturated rings. The Labute approximate surface area is 125 Å². The number of benzene rings is 1. The third-order valence-corrected chi connectivity index (χ3v) is 3.43. The minimum Gasteiger partial charge on any atom is -0.493 e. The smallest absolute Gasteiger partial charge is 0.193 e. The van der Waals surface area contributed by atoms with E-state index in [0.29, 0.717) is 29.9 Å². The predicted octanol–water partition coefficient (Wildman–Crippen LogP) is 1.86. The van der Waals surface area contributed by atoms with E-state index >= 15 is 0 Å². The van der Waals surface area contributed by atoms with E-state index in [0.717, 1.165) is 31.7 Å². The third kappa shape index (κ3) is 4.53. The molecule has 6 heteroatoms. The van der Waals surface area contributed by atoms with Crippen molar-refractivity contribution in [3.05, 3.63) is 18.2 Å². The lowest BCUT2D eigenvalue weighted by Crippen LogP contribution is -2.26. The van der Waals surface area contributed by atoms with Crippen LogP contribution in [0.4, 0.5) is 5.69 Å². The van der Waals surface area contributed by atoms with Crippen molar-refractivity contribution in [2.45, 2.75) is 12.8 Å². The number of aliphatic imine (C=N–C) groups is 1. The summed E-state index contributed by atoms with van der Waals surface area (Å²) in [7, 11) is 3.20. The Hall–Kier alpha value is -1.95. The second-order valence-corrected chi connectivity index (χ2v) is 5.00. The molecule has 1 aromatic rings. The van der Waals surface area contributed by atoms with Gasteiger partial charge in [-0.15, -0.1) is 0 Å². The summed E-state index contributed by atoms with van der Waals surface area (Å²) < 4.78 is 15.9. The third-order valence-electron chi connectivity index (χ3n) is 3.43. The molecule has 0 saturated carbocycles. The van der Waals surface area contributed by atoms with Gasteiger partial charge in [0.15, 0.2) is 17.5 Å². The maximum Gasteiger partial charge on any atom is 0.193 e. The highest BCUT2D eigenvalue weighted by Crippen LogP contribution is 2.29. The molecule has 0 spiro atoms. The molecule has 1 aliphatic rings. The maximum absolute atomic E-state index is 5.91. The lowest BCUT2D eigenvalue weighted by molar-refractivity contribution is 0.0582. The summed E-state index contributed by atoms with van der Waals surface area (Å²) in [6.07, 6.45) is 2.25. The summed E-state index contributed by atoms with van der Waals surface area (Å²) in [5.74, 6) is 2.19. The molecule has 116 valence electrons. The zero-order valence-electron chi connectivity index (χ0n) is 12.6. The molecule has 6 nitrogen and oxygen atoms in total. The first-order valence-electron chi connectivity index (χ1n) is 7.09. The number of hydrogen-bond donors (Lipinski definition) is 2. The molecule has 21 heavy (non-hydrogen) atoms. The van der Waals surface area contributed by atoms with Crippen LogP contribution in [0.25, 0.3) is 0 Å². The Balaban J connectivity index is 1.93. The van der Waals surface area contributed by atoms with Crippen LogP contribution in [0.5, 0.6) is 11.5 Å². The number of rotatable bonds is 5. The molecule has 0 amide bonds. The Bertz CT molecular complexity index is 485. The van der Waals surface area contributed by atoms with Gasteiger partial charge in [-0.1, -0.05) is 0 Å². The number of guanidine groups is 1. The van der Waals surface area contributed by atoms with Gasteiger partial charge in [0.2, 0.25) is 0 Å². The zero-order chi connectivity index (χ0) is 15.1. The van der Waals surface area contributed by atoms with Gasteiger partial charge in [0.1, 0.15) is 0 Å². The van der Waals surface area contributed by atoms with Gasteiger partial charge in [0, 0.05) is 30.8 Å². The van der Waals surface area contributed by atoms with Gasteiger partial charge in [-0.3, -0.25) is 4.99 Å². The lowest BCUT2D eigenvalue weighted by atomic mass is 10.0. The largest absolute Gasteiger partial charge is 0.493 e. The predicted molar refractivity (Wildman–Crippen MR) is 83.2 cm³/mol. The molecular formula is C15H23N3O3. The zero-order valence-corrected chi connectivity index (χ0v) is 12.6. The molecule has 1 saturated heterocycles. The summed E-state index contributed by atoms with van der Waals surface area (Å²) in [5, 5.41) is 3.06. The number of hydrogen-bond acceptors (Lipinski definition) is 4. The van der Waals surface area contributed by atoms with Gasteiger partial charge in [-0.25, -0.2) is 0 Å². The summed E-state index contributed by atoms with van der Waals surface area (Å²) in [6.45, 7) is 2.32. The Kier molecular flexibility index (Phi) is 5.68. The quantitative estimate of drug-likeness (QED) is 0.640. The van der Waals surface area contributed by atoms with E-state index < -0.39 is 0 Å². The number of nitrogens with one attached hydrogen (secondary N) is 1.